The molecule has 1 amide bonds. The lowest BCUT2D eigenvalue weighted by atomic mass is 10.1. The summed E-state index contributed by atoms with van der Waals surface area (Å²) >= 11 is 0. The molecule has 0 aliphatic carbocycles. The zero-order chi connectivity index (χ0) is 28.7. The summed E-state index contributed by atoms with van der Waals surface area (Å²) in [6.45, 7) is 4.96. The number of nitrogen functional groups attached to an aromatic ring is 1. The predicted molar refractivity (Wildman–Crippen MR) is 152 cm³/mol. The van der Waals surface area contributed by atoms with Crippen LogP contribution in [0.15, 0.2) is 65.8 Å². The highest BCUT2D eigenvalue weighted by Crippen LogP contribution is 2.33. The van der Waals surface area contributed by atoms with Crippen LogP contribution >= 0.6 is 0 Å². The molecule has 1 aliphatic heterocycles. The second-order valence-electron chi connectivity index (χ2n) is 10.1. The summed E-state index contributed by atoms with van der Waals surface area (Å²) in [7, 11) is 0. The third-order valence-electron chi connectivity index (χ3n) is 7.02. The van der Waals surface area contributed by atoms with Crippen LogP contribution in [-0.4, -0.2) is 48.6 Å². The molecule has 0 radical (unpaired) electrons. The molecule has 2 aromatic carbocycles. The van der Waals surface area contributed by atoms with Crippen LogP contribution in [0.5, 0.6) is 0 Å². The third kappa shape index (κ3) is 4.93. The van der Waals surface area contributed by atoms with Crippen molar-refractivity contribution in [2.45, 2.75) is 32.4 Å². The first-order valence-corrected chi connectivity index (χ1v) is 13.2. The summed E-state index contributed by atoms with van der Waals surface area (Å²) in [5, 5.41) is 12.5. The van der Waals surface area contributed by atoms with E-state index in [1.165, 1.54) is 30.6 Å². The number of benzene rings is 2. The van der Waals surface area contributed by atoms with Gasteiger partial charge in [-0.25, -0.2) is 19.0 Å². The number of nitrogens with zero attached hydrogens (tertiary/aromatic N) is 6. The maximum Gasteiger partial charge on any atom is 0.280 e. The van der Waals surface area contributed by atoms with Crippen molar-refractivity contribution in [3.8, 4) is 22.4 Å². The Kier molecular flexibility index (Phi) is 6.75. The summed E-state index contributed by atoms with van der Waals surface area (Å²) in [5.74, 6) is -0.758. The number of hydrogen-bond donors (Lipinski definition) is 2. The summed E-state index contributed by atoms with van der Waals surface area (Å²) in [4.78, 5) is 35.1. The Morgan fingerprint density at radius 3 is 2.49 bits per heavy atom. The molecular weight excluding hydrogens is 527 g/mol. The first-order valence-electron chi connectivity index (χ1n) is 13.2. The van der Waals surface area contributed by atoms with Gasteiger partial charge in [0.25, 0.3) is 5.91 Å². The topological polar surface area (TPSA) is 143 Å². The van der Waals surface area contributed by atoms with E-state index in [1.807, 2.05) is 18.5 Å². The second kappa shape index (κ2) is 10.5. The molecule has 1 unspecified atom stereocenters. The minimum atomic E-state index is -0.658. The summed E-state index contributed by atoms with van der Waals surface area (Å²) in [5.41, 5.74) is 8.62. The SMILES string of the molecule is CC(C)n1cc(-c2ccc(F)cc2)c(=O)c(C(=O)Nc2ccc(-c3nn(C4CCOC4)c4ncnc(N)c34)cc2)n1. The minimum Gasteiger partial charge on any atom is -0.383 e. The van der Waals surface area contributed by atoms with Gasteiger partial charge in [-0.1, -0.05) is 24.3 Å². The standard InChI is InChI=1S/C29H27FN8O3/c1-16(2)37-13-22(17-3-7-19(30)8-4-17)26(39)25(35-37)29(40)34-20-9-5-18(6-10-20)24-23-27(31)32-15-33-28(23)38(36-24)21-11-12-41-14-21/h3-10,13,15-16,21H,11-12,14H2,1-2H3,(H,34,40)(H2,31,32,33). The van der Waals surface area contributed by atoms with E-state index in [0.717, 1.165) is 12.0 Å². The van der Waals surface area contributed by atoms with Gasteiger partial charge < -0.3 is 15.8 Å². The van der Waals surface area contributed by atoms with Crippen molar-refractivity contribution in [1.82, 2.24) is 29.5 Å². The highest BCUT2D eigenvalue weighted by molar-refractivity contribution is 6.03. The van der Waals surface area contributed by atoms with E-state index in [2.05, 4.69) is 20.4 Å². The molecule has 5 aromatic rings. The van der Waals surface area contributed by atoms with Gasteiger partial charge in [0.05, 0.1) is 18.0 Å². The first-order chi connectivity index (χ1) is 19.8. The maximum absolute atomic E-state index is 13.5. The Hall–Kier alpha value is -4.97. The molecule has 1 atom stereocenters. The first kappa shape index (κ1) is 26.3. The van der Waals surface area contributed by atoms with Crippen LogP contribution in [0.2, 0.25) is 0 Å². The predicted octanol–water partition coefficient (Wildman–Crippen LogP) is 4.23. The average molecular weight is 555 g/mol. The number of hydrogen-bond acceptors (Lipinski definition) is 8. The van der Waals surface area contributed by atoms with Crippen LogP contribution in [0.3, 0.4) is 0 Å². The third-order valence-corrected chi connectivity index (χ3v) is 7.02. The van der Waals surface area contributed by atoms with Gasteiger partial charge in [0.15, 0.2) is 11.3 Å². The second-order valence-corrected chi connectivity index (χ2v) is 10.1. The van der Waals surface area contributed by atoms with E-state index in [4.69, 9.17) is 15.6 Å². The lowest BCUT2D eigenvalue weighted by molar-refractivity contribution is 0.101. The number of anilines is 2. The highest BCUT2D eigenvalue weighted by Gasteiger charge is 2.25. The fraction of sp³-hybridized carbons (Fsp3) is 0.241. The van der Waals surface area contributed by atoms with Gasteiger partial charge in [0.2, 0.25) is 5.43 Å². The van der Waals surface area contributed by atoms with Gasteiger partial charge in [0, 0.05) is 35.7 Å². The van der Waals surface area contributed by atoms with Crippen molar-refractivity contribution in [3.63, 3.8) is 0 Å². The van der Waals surface area contributed by atoms with E-state index >= 15 is 0 Å². The Morgan fingerprint density at radius 1 is 1.07 bits per heavy atom. The highest BCUT2D eigenvalue weighted by atomic mass is 19.1. The number of nitrogens with one attached hydrogen (secondary N) is 1. The summed E-state index contributed by atoms with van der Waals surface area (Å²) in [6, 6.07) is 12.5. The number of fused-ring (bicyclic) bond motifs is 1. The maximum atomic E-state index is 13.5. The van der Waals surface area contributed by atoms with Gasteiger partial charge in [-0.15, -0.1) is 0 Å². The Balaban J connectivity index is 1.31. The van der Waals surface area contributed by atoms with Crippen LogP contribution in [-0.2, 0) is 4.74 Å². The summed E-state index contributed by atoms with van der Waals surface area (Å²) < 4.78 is 22.4. The van der Waals surface area contributed by atoms with E-state index in [0.29, 0.717) is 47.0 Å². The normalized spacial score (nSPS) is 15.1. The molecule has 11 nitrogen and oxygen atoms in total. The Bertz CT molecular complexity index is 1810. The lowest BCUT2D eigenvalue weighted by Gasteiger charge is -2.14. The van der Waals surface area contributed by atoms with Crippen LogP contribution in [0, 0.1) is 5.82 Å². The molecule has 1 aliphatic rings. The Labute approximate surface area is 233 Å². The quantitative estimate of drug-likeness (QED) is 0.317. The van der Waals surface area contributed by atoms with Crippen LogP contribution < -0.4 is 16.5 Å². The molecule has 1 saturated heterocycles. The number of amides is 1. The largest absolute Gasteiger partial charge is 0.383 e. The molecule has 0 bridgehead atoms. The number of rotatable bonds is 6. The smallest absolute Gasteiger partial charge is 0.280 e. The van der Waals surface area contributed by atoms with Gasteiger partial charge >= 0.3 is 0 Å². The molecule has 4 heterocycles. The average Bonchev–Trinajstić information content (AvgIpc) is 3.63. The molecule has 208 valence electrons. The minimum absolute atomic E-state index is 0.0483. The zero-order valence-electron chi connectivity index (χ0n) is 22.4. The van der Waals surface area contributed by atoms with Crippen molar-refractivity contribution in [1.29, 1.82) is 0 Å². The number of aromatic nitrogens is 6. The molecule has 0 saturated carbocycles. The van der Waals surface area contributed by atoms with E-state index in [1.54, 1.807) is 35.1 Å². The molecule has 3 N–H and O–H groups in total. The van der Waals surface area contributed by atoms with Crippen molar-refractivity contribution >= 4 is 28.4 Å². The molecule has 0 spiro atoms. The fourth-order valence-corrected chi connectivity index (χ4v) is 4.83. The van der Waals surface area contributed by atoms with E-state index < -0.39 is 17.2 Å². The lowest BCUT2D eigenvalue weighted by Crippen LogP contribution is -2.28. The van der Waals surface area contributed by atoms with Crippen molar-refractivity contribution in [2.75, 3.05) is 24.3 Å². The van der Waals surface area contributed by atoms with Crippen LogP contribution in [0.25, 0.3) is 33.4 Å². The number of nitrogens with two attached hydrogens (primary N) is 1. The molecular formula is C29H27FN8O3. The van der Waals surface area contributed by atoms with E-state index in [9.17, 15) is 14.0 Å². The van der Waals surface area contributed by atoms with E-state index in [-0.39, 0.29) is 23.3 Å². The molecule has 41 heavy (non-hydrogen) atoms. The van der Waals surface area contributed by atoms with Crippen molar-refractivity contribution < 1.29 is 13.9 Å². The summed E-state index contributed by atoms with van der Waals surface area (Å²) in [6.07, 6.45) is 3.81. The van der Waals surface area contributed by atoms with Gasteiger partial charge in [-0.3, -0.25) is 14.3 Å². The Morgan fingerprint density at radius 2 is 1.80 bits per heavy atom. The van der Waals surface area contributed by atoms with Gasteiger partial charge in [0.1, 0.15) is 23.7 Å². The van der Waals surface area contributed by atoms with Gasteiger partial charge in [-0.2, -0.15) is 10.2 Å². The van der Waals surface area contributed by atoms with Crippen LogP contribution in [0.4, 0.5) is 15.9 Å². The number of halogens is 1. The van der Waals surface area contributed by atoms with Crippen molar-refractivity contribution in [2.24, 2.45) is 0 Å². The molecule has 6 rings (SSSR count). The molecule has 12 heteroatoms. The number of carbonyl (C=O) groups is 1. The molecule has 1 fully saturated rings. The fourth-order valence-electron chi connectivity index (χ4n) is 4.83. The molecule has 3 aromatic heterocycles. The van der Waals surface area contributed by atoms with Crippen LogP contribution in [0.1, 0.15) is 42.8 Å². The zero-order valence-corrected chi connectivity index (χ0v) is 22.4. The number of carbonyl (C=O) groups excluding carboxylic acids is 1. The monoisotopic (exact) mass is 554 g/mol. The number of ether oxygens (including phenoxy) is 1. The van der Waals surface area contributed by atoms with Crippen molar-refractivity contribution in [3.05, 3.63) is 82.8 Å². The van der Waals surface area contributed by atoms with Gasteiger partial charge in [-0.05, 0) is 50.1 Å².